The monoisotopic (exact) mass is 279 g/mol. The first-order valence-corrected chi connectivity index (χ1v) is 7.03. The van der Waals surface area contributed by atoms with Gasteiger partial charge in [0.15, 0.2) is 0 Å². The topological polar surface area (TPSA) is 57.8 Å². The molecule has 0 aliphatic carbocycles. The number of hydrogen-bond donors (Lipinski definition) is 2. The van der Waals surface area contributed by atoms with E-state index in [1.54, 1.807) is 6.20 Å². The number of rotatable bonds is 5. The van der Waals surface area contributed by atoms with E-state index in [1.807, 2.05) is 48.8 Å². The fourth-order valence-electron chi connectivity index (χ4n) is 2.35. The lowest BCUT2D eigenvalue weighted by molar-refractivity contribution is -0.120. The molecule has 2 N–H and O–H groups in total. The van der Waals surface area contributed by atoms with Crippen LogP contribution >= 0.6 is 0 Å². The molecule has 21 heavy (non-hydrogen) atoms. The summed E-state index contributed by atoms with van der Waals surface area (Å²) in [4.78, 5) is 19.1. The molecule has 1 amide bonds. The molecule has 0 aliphatic heterocycles. The molecule has 3 rings (SSSR count). The third-order valence-electron chi connectivity index (χ3n) is 3.44. The van der Waals surface area contributed by atoms with Crippen molar-refractivity contribution >= 4 is 16.8 Å². The molecular formula is C17H17N3O. The Labute approximate surface area is 123 Å². The lowest BCUT2D eigenvalue weighted by Crippen LogP contribution is -2.27. The summed E-state index contributed by atoms with van der Waals surface area (Å²) in [5, 5.41) is 4.08. The van der Waals surface area contributed by atoms with Gasteiger partial charge in [-0.25, -0.2) is 0 Å². The van der Waals surface area contributed by atoms with Crippen molar-refractivity contribution < 1.29 is 4.79 Å². The molecule has 2 heterocycles. The molecule has 0 atom stereocenters. The molecule has 2 aromatic heterocycles. The van der Waals surface area contributed by atoms with Gasteiger partial charge in [0, 0.05) is 30.7 Å². The molecule has 0 spiro atoms. The highest BCUT2D eigenvalue weighted by Crippen LogP contribution is 2.14. The molecule has 4 nitrogen and oxygen atoms in total. The third-order valence-corrected chi connectivity index (χ3v) is 3.44. The molecule has 0 bridgehead atoms. The highest BCUT2D eigenvalue weighted by Gasteiger charge is 2.04. The van der Waals surface area contributed by atoms with Crippen molar-refractivity contribution in [2.45, 2.75) is 12.8 Å². The van der Waals surface area contributed by atoms with E-state index in [1.165, 1.54) is 0 Å². The zero-order valence-electron chi connectivity index (χ0n) is 11.7. The van der Waals surface area contributed by atoms with Crippen LogP contribution in [0.4, 0.5) is 0 Å². The predicted molar refractivity (Wildman–Crippen MR) is 83.0 cm³/mol. The van der Waals surface area contributed by atoms with E-state index in [-0.39, 0.29) is 5.91 Å². The molecule has 4 heteroatoms. The summed E-state index contributed by atoms with van der Waals surface area (Å²) >= 11 is 0. The molecule has 0 saturated heterocycles. The van der Waals surface area contributed by atoms with Crippen LogP contribution in [-0.4, -0.2) is 22.4 Å². The smallest absolute Gasteiger partial charge is 0.224 e. The van der Waals surface area contributed by atoms with Crippen LogP contribution < -0.4 is 5.32 Å². The van der Waals surface area contributed by atoms with Crippen LogP contribution in [0.15, 0.2) is 55.0 Å². The quantitative estimate of drug-likeness (QED) is 0.753. The Balaban J connectivity index is 1.51. The van der Waals surface area contributed by atoms with E-state index in [4.69, 9.17) is 0 Å². The van der Waals surface area contributed by atoms with E-state index >= 15 is 0 Å². The van der Waals surface area contributed by atoms with Crippen molar-refractivity contribution in [3.05, 3.63) is 66.1 Å². The zero-order valence-corrected chi connectivity index (χ0v) is 11.7. The number of nitrogens with one attached hydrogen (secondary N) is 2. The SMILES string of the molecule is O=C(Cc1ccc2[nH]ccc2c1)NCCc1cccnc1. The van der Waals surface area contributed by atoms with Crippen LogP contribution in [0.2, 0.25) is 0 Å². The summed E-state index contributed by atoms with van der Waals surface area (Å²) in [5.74, 6) is 0.0498. The second-order valence-corrected chi connectivity index (χ2v) is 5.04. The zero-order chi connectivity index (χ0) is 14.5. The van der Waals surface area contributed by atoms with Crippen LogP contribution in [0.5, 0.6) is 0 Å². The second-order valence-electron chi connectivity index (χ2n) is 5.04. The summed E-state index contributed by atoms with van der Waals surface area (Å²) in [6, 6.07) is 12.0. The largest absolute Gasteiger partial charge is 0.361 e. The van der Waals surface area contributed by atoms with Crippen molar-refractivity contribution in [3.63, 3.8) is 0 Å². The average Bonchev–Trinajstić information content (AvgIpc) is 2.96. The van der Waals surface area contributed by atoms with Crippen LogP contribution in [0.1, 0.15) is 11.1 Å². The van der Waals surface area contributed by atoms with E-state index in [0.717, 1.165) is 28.5 Å². The van der Waals surface area contributed by atoms with Crippen molar-refractivity contribution in [2.24, 2.45) is 0 Å². The Bertz CT molecular complexity index is 734. The number of aromatic nitrogens is 2. The van der Waals surface area contributed by atoms with Gasteiger partial charge in [-0.15, -0.1) is 0 Å². The Morgan fingerprint density at radius 3 is 3.00 bits per heavy atom. The summed E-state index contributed by atoms with van der Waals surface area (Å²) < 4.78 is 0. The fraction of sp³-hybridized carbons (Fsp3) is 0.176. The Morgan fingerprint density at radius 1 is 1.19 bits per heavy atom. The highest BCUT2D eigenvalue weighted by atomic mass is 16.1. The fourth-order valence-corrected chi connectivity index (χ4v) is 2.35. The number of fused-ring (bicyclic) bond motifs is 1. The average molecular weight is 279 g/mol. The maximum absolute atomic E-state index is 11.9. The van der Waals surface area contributed by atoms with E-state index in [2.05, 4.69) is 15.3 Å². The second kappa shape index (κ2) is 6.22. The summed E-state index contributed by atoms with van der Waals surface area (Å²) in [7, 11) is 0. The summed E-state index contributed by atoms with van der Waals surface area (Å²) in [6.45, 7) is 0.636. The lowest BCUT2D eigenvalue weighted by atomic mass is 10.1. The number of benzene rings is 1. The number of nitrogens with zero attached hydrogens (tertiary/aromatic N) is 1. The lowest BCUT2D eigenvalue weighted by Gasteiger charge is -2.05. The van der Waals surface area contributed by atoms with Crippen LogP contribution in [0.25, 0.3) is 10.9 Å². The molecule has 3 aromatic rings. The standard InChI is InChI=1S/C17H17N3O/c21-17(20-8-5-13-2-1-7-18-12-13)11-14-3-4-16-15(10-14)6-9-19-16/h1-4,6-7,9-10,12,19H,5,8,11H2,(H,20,21). The van der Waals surface area contributed by atoms with E-state index in [9.17, 15) is 4.79 Å². The van der Waals surface area contributed by atoms with Crippen molar-refractivity contribution in [1.29, 1.82) is 0 Å². The Morgan fingerprint density at radius 2 is 2.14 bits per heavy atom. The van der Waals surface area contributed by atoms with Gasteiger partial charge in [-0.1, -0.05) is 12.1 Å². The van der Waals surface area contributed by atoms with Gasteiger partial charge in [-0.2, -0.15) is 0 Å². The van der Waals surface area contributed by atoms with Crippen LogP contribution in [-0.2, 0) is 17.6 Å². The number of carbonyl (C=O) groups excluding carboxylic acids is 1. The number of aromatic amines is 1. The number of pyridine rings is 1. The summed E-state index contributed by atoms with van der Waals surface area (Å²) in [5.41, 5.74) is 3.25. The summed E-state index contributed by atoms with van der Waals surface area (Å²) in [6.07, 6.45) is 6.69. The molecule has 0 radical (unpaired) electrons. The molecule has 0 aliphatic rings. The van der Waals surface area contributed by atoms with Crippen molar-refractivity contribution in [1.82, 2.24) is 15.3 Å². The first-order valence-electron chi connectivity index (χ1n) is 7.03. The minimum atomic E-state index is 0.0498. The number of amides is 1. The maximum atomic E-state index is 11.9. The Kier molecular flexibility index (Phi) is 3.96. The van der Waals surface area contributed by atoms with Crippen molar-refractivity contribution in [2.75, 3.05) is 6.54 Å². The van der Waals surface area contributed by atoms with Gasteiger partial charge in [-0.05, 0) is 47.2 Å². The van der Waals surface area contributed by atoms with Gasteiger partial charge in [-0.3, -0.25) is 9.78 Å². The number of hydrogen-bond acceptors (Lipinski definition) is 2. The van der Waals surface area contributed by atoms with Gasteiger partial charge in [0.2, 0.25) is 5.91 Å². The first-order chi connectivity index (χ1) is 10.3. The van der Waals surface area contributed by atoms with Gasteiger partial charge in [0.25, 0.3) is 0 Å². The minimum Gasteiger partial charge on any atom is -0.361 e. The molecule has 0 saturated carbocycles. The van der Waals surface area contributed by atoms with Crippen LogP contribution in [0, 0.1) is 0 Å². The molecule has 1 aromatic carbocycles. The minimum absolute atomic E-state index is 0.0498. The van der Waals surface area contributed by atoms with Gasteiger partial charge >= 0.3 is 0 Å². The van der Waals surface area contributed by atoms with E-state index < -0.39 is 0 Å². The maximum Gasteiger partial charge on any atom is 0.224 e. The molecule has 106 valence electrons. The molecule has 0 fully saturated rings. The predicted octanol–water partition coefficient (Wildman–Crippen LogP) is 2.46. The highest BCUT2D eigenvalue weighted by molar-refractivity contribution is 5.83. The van der Waals surface area contributed by atoms with E-state index in [0.29, 0.717) is 13.0 Å². The van der Waals surface area contributed by atoms with Gasteiger partial charge in [0.05, 0.1) is 6.42 Å². The molecule has 0 unspecified atom stereocenters. The normalized spacial score (nSPS) is 10.7. The number of carbonyl (C=O) groups is 1. The van der Waals surface area contributed by atoms with Crippen LogP contribution in [0.3, 0.4) is 0 Å². The van der Waals surface area contributed by atoms with Gasteiger partial charge < -0.3 is 10.3 Å². The Hall–Kier alpha value is -2.62. The third kappa shape index (κ3) is 3.48. The van der Waals surface area contributed by atoms with Gasteiger partial charge in [0.1, 0.15) is 0 Å². The molecular weight excluding hydrogens is 262 g/mol. The first kappa shape index (κ1) is 13.4. The van der Waals surface area contributed by atoms with Crippen molar-refractivity contribution in [3.8, 4) is 0 Å². The number of H-pyrrole nitrogens is 1.